The predicted molar refractivity (Wildman–Crippen MR) is 70.5 cm³/mol. The summed E-state index contributed by atoms with van der Waals surface area (Å²) < 4.78 is 0. The highest BCUT2D eigenvalue weighted by Gasteiger charge is 2.35. The van der Waals surface area contributed by atoms with Gasteiger partial charge < -0.3 is 5.32 Å². The first kappa shape index (κ1) is 12.4. The monoisotopic (exact) mass is 223 g/mol. The van der Waals surface area contributed by atoms with Crippen LogP contribution in [-0.4, -0.2) is 12.6 Å². The van der Waals surface area contributed by atoms with Crippen LogP contribution in [0.25, 0.3) is 0 Å². The lowest BCUT2D eigenvalue weighted by molar-refractivity contribution is 0.146. The van der Waals surface area contributed by atoms with E-state index < -0.39 is 0 Å². The van der Waals surface area contributed by atoms with Gasteiger partial charge in [-0.1, -0.05) is 33.6 Å². The second kappa shape index (κ2) is 5.08. The van der Waals surface area contributed by atoms with Crippen molar-refractivity contribution in [3.63, 3.8) is 0 Å². The molecular weight excluding hydrogens is 194 g/mol. The summed E-state index contributed by atoms with van der Waals surface area (Å²) >= 11 is 0. The molecule has 2 fully saturated rings. The molecule has 0 aromatic carbocycles. The third-order valence-electron chi connectivity index (χ3n) is 5.30. The fraction of sp³-hybridized carbons (Fsp3) is 1.00. The first-order chi connectivity index (χ1) is 7.65. The molecule has 0 saturated heterocycles. The predicted octanol–water partition coefficient (Wildman–Crippen LogP) is 3.98. The largest absolute Gasteiger partial charge is 0.313 e. The lowest BCUT2D eigenvalue weighted by Gasteiger charge is -2.41. The highest BCUT2D eigenvalue weighted by atomic mass is 14.9. The van der Waals surface area contributed by atoms with E-state index in [-0.39, 0.29) is 0 Å². The lowest BCUT2D eigenvalue weighted by atomic mass is 9.73. The number of hydrogen-bond acceptors (Lipinski definition) is 1. The van der Waals surface area contributed by atoms with Gasteiger partial charge in [-0.05, 0) is 49.4 Å². The number of rotatable bonds is 5. The molecule has 16 heavy (non-hydrogen) atoms. The van der Waals surface area contributed by atoms with Gasteiger partial charge in [-0.3, -0.25) is 0 Å². The molecule has 0 spiro atoms. The fourth-order valence-electron chi connectivity index (χ4n) is 3.51. The van der Waals surface area contributed by atoms with Crippen LogP contribution in [0.1, 0.15) is 65.7 Å². The van der Waals surface area contributed by atoms with E-state index in [4.69, 9.17) is 0 Å². The van der Waals surface area contributed by atoms with Crippen LogP contribution in [0.3, 0.4) is 0 Å². The molecule has 1 nitrogen and oxygen atoms in total. The van der Waals surface area contributed by atoms with Gasteiger partial charge in [0.2, 0.25) is 0 Å². The van der Waals surface area contributed by atoms with E-state index in [0.717, 1.165) is 17.9 Å². The van der Waals surface area contributed by atoms with Crippen LogP contribution in [0.5, 0.6) is 0 Å². The highest BCUT2D eigenvalue weighted by molar-refractivity contribution is 4.91. The van der Waals surface area contributed by atoms with Gasteiger partial charge in [0.05, 0.1) is 0 Å². The summed E-state index contributed by atoms with van der Waals surface area (Å²) in [5.74, 6) is 1.89. The smallest absolute Gasteiger partial charge is 0.00727 e. The molecule has 94 valence electrons. The molecule has 0 aromatic heterocycles. The normalized spacial score (nSPS) is 33.0. The Bertz CT molecular complexity index is 209. The van der Waals surface area contributed by atoms with E-state index in [1.54, 1.807) is 0 Å². The minimum atomic E-state index is 0.670. The van der Waals surface area contributed by atoms with Crippen LogP contribution >= 0.6 is 0 Å². The first-order valence-corrected chi connectivity index (χ1v) is 7.38. The molecule has 0 heterocycles. The van der Waals surface area contributed by atoms with Gasteiger partial charge in [0.25, 0.3) is 0 Å². The third kappa shape index (κ3) is 2.61. The zero-order valence-electron chi connectivity index (χ0n) is 11.4. The molecule has 2 aliphatic carbocycles. The second-order valence-corrected chi connectivity index (χ2v) is 6.61. The average molecular weight is 223 g/mol. The van der Waals surface area contributed by atoms with E-state index in [9.17, 15) is 0 Å². The van der Waals surface area contributed by atoms with E-state index in [0.29, 0.717) is 5.41 Å². The molecule has 2 rings (SSSR count). The van der Waals surface area contributed by atoms with Crippen LogP contribution < -0.4 is 5.32 Å². The molecule has 1 N–H and O–H groups in total. The third-order valence-corrected chi connectivity index (χ3v) is 5.30. The number of hydrogen-bond donors (Lipinski definition) is 1. The molecule has 0 radical (unpaired) electrons. The lowest BCUT2D eigenvalue weighted by Crippen LogP contribution is -2.46. The molecular formula is C15H29N. The maximum atomic E-state index is 3.84. The van der Waals surface area contributed by atoms with Crippen molar-refractivity contribution in [1.29, 1.82) is 0 Å². The average Bonchev–Trinajstić information content (AvgIpc) is 2.64. The molecule has 0 unspecified atom stereocenters. The van der Waals surface area contributed by atoms with Crippen molar-refractivity contribution < 1.29 is 0 Å². The van der Waals surface area contributed by atoms with Crippen LogP contribution in [0.2, 0.25) is 0 Å². The van der Waals surface area contributed by atoms with E-state index in [1.165, 1.54) is 51.5 Å². The van der Waals surface area contributed by atoms with Gasteiger partial charge >= 0.3 is 0 Å². The summed E-state index contributed by atoms with van der Waals surface area (Å²) in [6, 6.07) is 0.844. The minimum Gasteiger partial charge on any atom is -0.313 e. The summed E-state index contributed by atoms with van der Waals surface area (Å²) in [6.07, 6.45) is 10.1. The molecule has 2 saturated carbocycles. The van der Waals surface area contributed by atoms with E-state index in [2.05, 4.69) is 26.1 Å². The van der Waals surface area contributed by atoms with Gasteiger partial charge in [-0.15, -0.1) is 0 Å². The number of nitrogens with one attached hydrogen (secondary N) is 1. The SMILES string of the molecule is CCC1(CNC2CC(C(C)C)C2)CCCC1. The summed E-state index contributed by atoms with van der Waals surface area (Å²) in [7, 11) is 0. The standard InChI is InChI=1S/C15H29N/c1-4-15(7-5-6-8-15)11-16-14-9-13(10-14)12(2)3/h12-14,16H,4-11H2,1-3H3. The van der Waals surface area contributed by atoms with Crippen molar-refractivity contribution in [3.8, 4) is 0 Å². The van der Waals surface area contributed by atoms with Crippen molar-refractivity contribution in [1.82, 2.24) is 5.32 Å². The minimum absolute atomic E-state index is 0.670. The molecule has 0 atom stereocenters. The maximum Gasteiger partial charge on any atom is 0.00727 e. The van der Waals surface area contributed by atoms with Crippen LogP contribution in [-0.2, 0) is 0 Å². The van der Waals surface area contributed by atoms with E-state index in [1.807, 2.05) is 0 Å². The van der Waals surface area contributed by atoms with Gasteiger partial charge in [-0.2, -0.15) is 0 Å². The second-order valence-electron chi connectivity index (χ2n) is 6.61. The van der Waals surface area contributed by atoms with Gasteiger partial charge in [0.1, 0.15) is 0 Å². The van der Waals surface area contributed by atoms with Crippen molar-refractivity contribution >= 4 is 0 Å². The van der Waals surface area contributed by atoms with Gasteiger partial charge in [0.15, 0.2) is 0 Å². The zero-order chi connectivity index (χ0) is 11.6. The molecule has 2 aliphatic rings. The summed E-state index contributed by atoms with van der Waals surface area (Å²) in [5, 5.41) is 3.84. The van der Waals surface area contributed by atoms with Crippen LogP contribution in [0.4, 0.5) is 0 Å². The molecule has 0 aliphatic heterocycles. The van der Waals surface area contributed by atoms with Crippen molar-refractivity contribution in [3.05, 3.63) is 0 Å². The Balaban J connectivity index is 1.68. The molecule has 1 heteroatoms. The Morgan fingerprint density at radius 1 is 1.19 bits per heavy atom. The quantitative estimate of drug-likeness (QED) is 0.743. The molecule has 0 bridgehead atoms. The molecule has 0 aromatic rings. The van der Waals surface area contributed by atoms with Crippen molar-refractivity contribution in [2.75, 3.05) is 6.54 Å². The van der Waals surface area contributed by atoms with E-state index >= 15 is 0 Å². The topological polar surface area (TPSA) is 12.0 Å². The highest BCUT2D eigenvalue weighted by Crippen LogP contribution is 2.41. The first-order valence-electron chi connectivity index (χ1n) is 7.38. The fourth-order valence-corrected chi connectivity index (χ4v) is 3.51. The summed E-state index contributed by atoms with van der Waals surface area (Å²) in [4.78, 5) is 0. The summed E-state index contributed by atoms with van der Waals surface area (Å²) in [6.45, 7) is 8.40. The van der Waals surface area contributed by atoms with Gasteiger partial charge in [-0.25, -0.2) is 0 Å². The van der Waals surface area contributed by atoms with Crippen molar-refractivity contribution in [2.24, 2.45) is 17.3 Å². The molecule has 0 amide bonds. The Labute approximate surface area is 101 Å². The Hall–Kier alpha value is -0.0400. The van der Waals surface area contributed by atoms with Crippen LogP contribution in [0.15, 0.2) is 0 Å². The van der Waals surface area contributed by atoms with Crippen molar-refractivity contribution in [2.45, 2.75) is 71.8 Å². The van der Waals surface area contributed by atoms with Gasteiger partial charge in [0, 0.05) is 12.6 Å². The van der Waals surface area contributed by atoms with Crippen LogP contribution in [0, 0.1) is 17.3 Å². The summed E-state index contributed by atoms with van der Waals surface area (Å²) in [5.41, 5.74) is 0.670. The zero-order valence-corrected chi connectivity index (χ0v) is 11.4. The Morgan fingerprint density at radius 2 is 1.81 bits per heavy atom. The maximum absolute atomic E-state index is 3.84. The Morgan fingerprint density at radius 3 is 2.31 bits per heavy atom. The Kier molecular flexibility index (Phi) is 3.94.